The molecule has 0 aliphatic heterocycles. The van der Waals surface area contributed by atoms with Crippen molar-refractivity contribution >= 4 is 0 Å². The minimum absolute atomic E-state index is 0.940. The molecular formula is C13H22N2O. The first-order chi connectivity index (χ1) is 7.76. The summed E-state index contributed by atoms with van der Waals surface area (Å²) in [7, 11) is 5.84. The molecule has 0 aromatic heterocycles. The van der Waals surface area contributed by atoms with Crippen LogP contribution in [0.2, 0.25) is 0 Å². The van der Waals surface area contributed by atoms with Crippen LogP contribution in [0.3, 0.4) is 0 Å². The molecule has 0 bridgehead atoms. The van der Waals surface area contributed by atoms with Crippen LogP contribution in [-0.4, -0.2) is 45.7 Å². The molecule has 0 amide bonds. The average Bonchev–Trinajstić information content (AvgIpc) is 2.34. The van der Waals surface area contributed by atoms with Gasteiger partial charge in [0.2, 0.25) is 0 Å². The van der Waals surface area contributed by atoms with E-state index in [0.29, 0.717) is 0 Å². The van der Waals surface area contributed by atoms with Gasteiger partial charge in [-0.1, -0.05) is 12.1 Å². The van der Waals surface area contributed by atoms with E-state index in [1.54, 1.807) is 7.11 Å². The van der Waals surface area contributed by atoms with Crippen LogP contribution < -0.4 is 10.1 Å². The normalized spacial score (nSPS) is 10.8. The van der Waals surface area contributed by atoms with Crippen LogP contribution in [0.5, 0.6) is 5.75 Å². The Morgan fingerprint density at radius 1 is 1.31 bits per heavy atom. The summed E-state index contributed by atoms with van der Waals surface area (Å²) in [6, 6.07) is 8.27. The summed E-state index contributed by atoms with van der Waals surface area (Å²) in [5.41, 5.74) is 1.33. The summed E-state index contributed by atoms with van der Waals surface area (Å²) >= 11 is 0. The number of ether oxygens (including phenoxy) is 1. The van der Waals surface area contributed by atoms with E-state index in [2.05, 4.69) is 29.4 Å². The van der Waals surface area contributed by atoms with E-state index >= 15 is 0 Å². The number of nitrogens with zero attached hydrogens (tertiary/aromatic N) is 1. The van der Waals surface area contributed by atoms with Gasteiger partial charge in [-0.05, 0) is 38.2 Å². The zero-order valence-electron chi connectivity index (χ0n) is 10.5. The summed E-state index contributed by atoms with van der Waals surface area (Å²) < 4.78 is 5.20. The largest absolute Gasteiger partial charge is 0.497 e. The zero-order valence-corrected chi connectivity index (χ0v) is 10.5. The van der Waals surface area contributed by atoms with E-state index < -0.39 is 0 Å². The lowest BCUT2D eigenvalue weighted by molar-refractivity contribution is 0.339. The number of benzene rings is 1. The van der Waals surface area contributed by atoms with Gasteiger partial charge in [0.1, 0.15) is 5.75 Å². The molecule has 0 atom stereocenters. The molecule has 0 spiro atoms. The number of rotatable bonds is 7. The smallest absolute Gasteiger partial charge is 0.119 e. The molecule has 90 valence electrons. The van der Waals surface area contributed by atoms with Crippen LogP contribution in [0.1, 0.15) is 5.56 Å². The molecule has 0 unspecified atom stereocenters. The second kappa shape index (κ2) is 7.25. The van der Waals surface area contributed by atoms with Crippen molar-refractivity contribution in [1.29, 1.82) is 0 Å². The van der Waals surface area contributed by atoms with Gasteiger partial charge < -0.3 is 15.0 Å². The van der Waals surface area contributed by atoms with Gasteiger partial charge in [0.15, 0.2) is 0 Å². The molecular weight excluding hydrogens is 200 g/mol. The van der Waals surface area contributed by atoms with Gasteiger partial charge in [-0.2, -0.15) is 0 Å². The van der Waals surface area contributed by atoms with Crippen molar-refractivity contribution in [2.45, 2.75) is 6.42 Å². The van der Waals surface area contributed by atoms with E-state index in [4.69, 9.17) is 4.74 Å². The van der Waals surface area contributed by atoms with Gasteiger partial charge in [0.05, 0.1) is 7.11 Å². The van der Waals surface area contributed by atoms with Gasteiger partial charge in [-0.3, -0.25) is 0 Å². The molecule has 0 fully saturated rings. The maximum Gasteiger partial charge on any atom is 0.119 e. The summed E-state index contributed by atoms with van der Waals surface area (Å²) in [6.07, 6.45) is 1.07. The Labute approximate surface area is 98.4 Å². The molecule has 3 nitrogen and oxygen atoms in total. The quantitative estimate of drug-likeness (QED) is 0.754. The van der Waals surface area contributed by atoms with Gasteiger partial charge in [-0.15, -0.1) is 0 Å². The van der Waals surface area contributed by atoms with E-state index in [9.17, 15) is 0 Å². The first-order valence-corrected chi connectivity index (χ1v) is 5.72. The highest BCUT2D eigenvalue weighted by molar-refractivity contribution is 5.28. The number of nitrogens with one attached hydrogen (secondary N) is 1. The summed E-state index contributed by atoms with van der Waals surface area (Å²) in [6.45, 7) is 3.20. The highest BCUT2D eigenvalue weighted by Crippen LogP contribution is 2.12. The second-order valence-corrected chi connectivity index (χ2v) is 4.01. The Balaban J connectivity index is 2.35. The Hall–Kier alpha value is -1.06. The Kier molecular flexibility index (Phi) is 5.90. The lowest BCUT2D eigenvalue weighted by atomic mass is 10.1. The van der Waals surface area contributed by atoms with Gasteiger partial charge in [-0.25, -0.2) is 0 Å². The minimum Gasteiger partial charge on any atom is -0.497 e. The molecule has 1 aromatic carbocycles. The van der Waals surface area contributed by atoms with Crippen molar-refractivity contribution in [1.82, 2.24) is 10.2 Å². The van der Waals surface area contributed by atoms with E-state index in [1.165, 1.54) is 5.56 Å². The minimum atomic E-state index is 0.940. The fourth-order valence-electron chi connectivity index (χ4n) is 1.56. The van der Waals surface area contributed by atoms with Gasteiger partial charge in [0.25, 0.3) is 0 Å². The fraction of sp³-hybridized carbons (Fsp3) is 0.538. The molecule has 0 heterocycles. The van der Waals surface area contributed by atoms with Crippen LogP contribution in [0.15, 0.2) is 24.3 Å². The van der Waals surface area contributed by atoms with Crippen LogP contribution in [0, 0.1) is 0 Å². The number of hydrogen-bond acceptors (Lipinski definition) is 3. The molecule has 0 aliphatic rings. The molecule has 3 heteroatoms. The average molecular weight is 222 g/mol. The van der Waals surface area contributed by atoms with Crippen molar-refractivity contribution in [3.63, 3.8) is 0 Å². The van der Waals surface area contributed by atoms with Crippen molar-refractivity contribution in [2.24, 2.45) is 0 Å². The predicted octanol–water partition coefficient (Wildman–Crippen LogP) is 1.39. The Bertz CT molecular complexity index is 302. The van der Waals surface area contributed by atoms with Crippen molar-refractivity contribution in [3.8, 4) is 5.75 Å². The van der Waals surface area contributed by atoms with Gasteiger partial charge >= 0.3 is 0 Å². The first-order valence-electron chi connectivity index (χ1n) is 5.72. The third-order valence-corrected chi connectivity index (χ3v) is 2.66. The number of methoxy groups -OCH3 is 1. The molecule has 0 radical (unpaired) electrons. The predicted molar refractivity (Wildman–Crippen MR) is 68.1 cm³/mol. The molecule has 1 rings (SSSR count). The fourth-order valence-corrected chi connectivity index (χ4v) is 1.56. The van der Waals surface area contributed by atoms with E-state index in [0.717, 1.165) is 31.8 Å². The number of likely N-dealkylation sites (N-methyl/N-ethyl adjacent to an activating group) is 2. The molecule has 1 N–H and O–H groups in total. The topological polar surface area (TPSA) is 24.5 Å². The van der Waals surface area contributed by atoms with E-state index in [-0.39, 0.29) is 0 Å². The molecule has 0 saturated carbocycles. The maximum absolute atomic E-state index is 5.20. The van der Waals surface area contributed by atoms with Crippen molar-refractivity contribution < 1.29 is 4.74 Å². The molecule has 0 saturated heterocycles. The summed E-state index contributed by atoms with van der Waals surface area (Å²) in [5.74, 6) is 0.940. The SMILES string of the molecule is CNCCN(C)CCc1cccc(OC)c1. The molecule has 0 aliphatic carbocycles. The summed E-state index contributed by atoms with van der Waals surface area (Å²) in [4.78, 5) is 2.33. The number of hydrogen-bond donors (Lipinski definition) is 1. The van der Waals surface area contributed by atoms with Gasteiger partial charge in [0, 0.05) is 19.6 Å². The lowest BCUT2D eigenvalue weighted by Crippen LogP contribution is -2.29. The Morgan fingerprint density at radius 2 is 2.12 bits per heavy atom. The van der Waals surface area contributed by atoms with E-state index in [1.807, 2.05) is 19.2 Å². The van der Waals surface area contributed by atoms with Crippen molar-refractivity contribution in [3.05, 3.63) is 29.8 Å². The monoisotopic (exact) mass is 222 g/mol. The standard InChI is InChI=1S/C13H22N2O/c1-14-8-10-15(2)9-7-12-5-4-6-13(11-12)16-3/h4-6,11,14H,7-10H2,1-3H3. The second-order valence-electron chi connectivity index (χ2n) is 4.01. The highest BCUT2D eigenvalue weighted by Gasteiger charge is 1.99. The highest BCUT2D eigenvalue weighted by atomic mass is 16.5. The maximum atomic E-state index is 5.20. The zero-order chi connectivity index (χ0) is 11.8. The lowest BCUT2D eigenvalue weighted by Gasteiger charge is -2.16. The molecule has 1 aromatic rings. The van der Waals surface area contributed by atoms with Crippen LogP contribution in [-0.2, 0) is 6.42 Å². The van der Waals surface area contributed by atoms with Crippen LogP contribution in [0.25, 0.3) is 0 Å². The third kappa shape index (κ3) is 4.64. The Morgan fingerprint density at radius 3 is 2.81 bits per heavy atom. The third-order valence-electron chi connectivity index (χ3n) is 2.66. The van der Waals surface area contributed by atoms with Crippen molar-refractivity contribution in [2.75, 3.05) is 40.8 Å². The molecule has 16 heavy (non-hydrogen) atoms. The van der Waals surface area contributed by atoms with Crippen LogP contribution >= 0.6 is 0 Å². The first kappa shape index (κ1) is 13.0. The summed E-state index contributed by atoms with van der Waals surface area (Å²) in [5, 5.41) is 3.15. The van der Waals surface area contributed by atoms with Crippen LogP contribution in [0.4, 0.5) is 0 Å².